The lowest BCUT2D eigenvalue weighted by Gasteiger charge is -2.11. The van der Waals surface area contributed by atoms with E-state index in [4.69, 9.17) is 17.3 Å². The van der Waals surface area contributed by atoms with Gasteiger partial charge in [-0.1, -0.05) is 60.1 Å². The number of aryl methyl sites for hydroxylation is 1. The average molecular weight is 294 g/mol. The highest BCUT2D eigenvalue weighted by Crippen LogP contribution is 2.36. The van der Waals surface area contributed by atoms with Gasteiger partial charge in [-0.15, -0.1) is 0 Å². The summed E-state index contributed by atoms with van der Waals surface area (Å²) in [5.41, 5.74) is 11.3. The van der Waals surface area contributed by atoms with Crippen LogP contribution in [0.1, 0.15) is 23.6 Å². The van der Waals surface area contributed by atoms with E-state index in [9.17, 15) is 0 Å². The van der Waals surface area contributed by atoms with Crippen LogP contribution in [-0.4, -0.2) is 0 Å². The first-order valence-corrected chi connectivity index (χ1v) is 7.68. The molecule has 0 aliphatic heterocycles. The minimum atomic E-state index is 0.205. The van der Waals surface area contributed by atoms with Gasteiger partial charge in [-0.2, -0.15) is 0 Å². The Labute approximate surface area is 129 Å². The van der Waals surface area contributed by atoms with E-state index in [1.165, 1.54) is 27.6 Å². The Morgan fingerprint density at radius 2 is 1.76 bits per heavy atom. The first kappa shape index (κ1) is 12.9. The summed E-state index contributed by atoms with van der Waals surface area (Å²) in [6.07, 6.45) is 2.13. The van der Waals surface area contributed by atoms with Crippen LogP contribution in [0.15, 0.2) is 54.6 Å². The van der Waals surface area contributed by atoms with Gasteiger partial charge in [0.1, 0.15) is 0 Å². The standard InChI is InChI=1S/C19H16ClN/c20-18-9-8-14(16-3-1-2-4-17(16)18)12-5-7-15-13(11-12)6-10-19(15)21/h1-5,7-9,11,19H,6,10,21H2. The smallest absolute Gasteiger partial charge is 0.0484 e. The van der Waals surface area contributed by atoms with Gasteiger partial charge in [-0.25, -0.2) is 0 Å². The SMILES string of the molecule is NC1CCc2cc(-c3ccc(Cl)c4ccccc34)ccc21. The second-order valence-corrected chi connectivity index (χ2v) is 6.11. The lowest BCUT2D eigenvalue weighted by atomic mass is 9.95. The van der Waals surface area contributed by atoms with Gasteiger partial charge in [-0.3, -0.25) is 0 Å². The van der Waals surface area contributed by atoms with Crippen LogP contribution in [0.2, 0.25) is 5.02 Å². The zero-order valence-corrected chi connectivity index (χ0v) is 12.4. The molecule has 3 aromatic carbocycles. The number of hydrogen-bond donors (Lipinski definition) is 1. The summed E-state index contributed by atoms with van der Waals surface area (Å²) in [4.78, 5) is 0. The van der Waals surface area contributed by atoms with Crippen LogP contribution in [0.3, 0.4) is 0 Å². The molecule has 104 valence electrons. The number of rotatable bonds is 1. The molecule has 1 nitrogen and oxygen atoms in total. The summed E-state index contributed by atoms with van der Waals surface area (Å²) in [6.45, 7) is 0. The Morgan fingerprint density at radius 3 is 2.62 bits per heavy atom. The molecule has 3 aromatic rings. The van der Waals surface area contributed by atoms with Crippen LogP contribution in [0.25, 0.3) is 21.9 Å². The van der Waals surface area contributed by atoms with Crippen molar-refractivity contribution < 1.29 is 0 Å². The lowest BCUT2D eigenvalue weighted by molar-refractivity contribution is 0.713. The van der Waals surface area contributed by atoms with E-state index >= 15 is 0 Å². The monoisotopic (exact) mass is 293 g/mol. The zero-order valence-electron chi connectivity index (χ0n) is 11.6. The Morgan fingerprint density at radius 1 is 0.952 bits per heavy atom. The molecule has 1 aliphatic rings. The normalized spacial score (nSPS) is 17.1. The maximum absolute atomic E-state index is 6.31. The minimum absolute atomic E-state index is 0.205. The van der Waals surface area contributed by atoms with E-state index in [0.29, 0.717) is 0 Å². The van der Waals surface area contributed by atoms with Crippen molar-refractivity contribution in [2.45, 2.75) is 18.9 Å². The molecular formula is C19H16ClN. The van der Waals surface area contributed by atoms with E-state index < -0.39 is 0 Å². The minimum Gasteiger partial charge on any atom is -0.324 e. The van der Waals surface area contributed by atoms with Gasteiger partial charge in [0, 0.05) is 16.5 Å². The van der Waals surface area contributed by atoms with E-state index in [1.807, 2.05) is 12.1 Å². The third kappa shape index (κ3) is 2.05. The van der Waals surface area contributed by atoms with Crippen LogP contribution in [0.4, 0.5) is 0 Å². The van der Waals surface area contributed by atoms with Crippen molar-refractivity contribution >= 4 is 22.4 Å². The fourth-order valence-corrected chi connectivity index (χ4v) is 3.56. The second kappa shape index (κ2) is 4.87. The molecule has 0 heterocycles. The highest BCUT2D eigenvalue weighted by atomic mass is 35.5. The van der Waals surface area contributed by atoms with E-state index in [1.54, 1.807) is 0 Å². The van der Waals surface area contributed by atoms with Crippen molar-refractivity contribution in [1.29, 1.82) is 0 Å². The van der Waals surface area contributed by atoms with Crippen LogP contribution >= 0.6 is 11.6 Å². The molecule has 0 radical (unpaired) electrons. The summed E-state index contributed by atoms with van der Waals surface area (Å²) >= 11 is 6.31. The Kier molecular flexibility index (Phi) is 2.99. The topological polar surface area (TPSA) is 26.0 Å². The number of fused-ring (bicyclic) bond motifs is 2. The van der Waals surface area contributed by atoms with Crippen LogP contribution in [0, 0.1) is 0 Å². The van der Waals surface area contributed by atoms with Crippen LogP contribution < -0.4 is 5.73 Å². The van der Waals surface area contributed by atoms with Gasteiger partial charge in [0.25, 0.3) is 0 Å². The molecule has 0 spiro atoms. The van der Waals surface area contributed by atoms with Crippen molar-refractivity contribution in [3.63, 3.8) is 0 Å². The van der Waals surface area contributed by atoms with Crippen molar-refractivity contribution in [3.05, 3.63) is 70.7 Å². The molecule has 21 heavy (non-hydrogen) atoms. The average Bonchev–Trinajstić information content (AvgIpc) is 2.89. The molecule has 1 aliphatic carbocycles. The third-order valence-electron chi connectivity index (χ3n) is 4.45. The fraction of sp³-hybridized carbons (Fsp3) is 0.158. The quantitative estimate of drug-likeness (QED) is 0.663. The van der Waals surface area contributed by atoms with Gasteiger partial charge in [0.2, 0.25) is 0 Å². The van der Waals surface area contributed by atoms with Gasteiger partial charge in [0.15, 0.2) is 0 Å². The molecule has 0 saturated carbocycles. The highest BCUT2D eigenvalue weighted by molar-refractivity contribution is 6.36. The lowest BCUT2D eigenvalue weighted by Crippen LogP contribution is -2.04. The predicted octanol–water partition coefficient (Wildman–Crippen LogP) is 5.11. The molecule has 4 rings (SSSR count). The number of benzene rings is 3. The largest absolute Gasteiger partial charge is 0.324 e. The van der Waals surface area contributed by atoms with Crippen molar-refractivity contribution in [1.82, 2.24) is 0 Å². The highest BCUT2D eigenvalue weighted by Gasteiger charge is 2.19. The summed E-state index contributed by atoms with van der Waals surface area (Å²) in [5, 5.41) is 3.11. The fourth-order valence-electron chi connectivity index (χ4n) is 3.33. The van der Waals surface area contributed by atoms with Crippen LogP contribution in [0.5, 0.6) is 0 Å². The third-order valence-corrected chi connectivity index (χ3v) is 4.78. The van der Waals surface area contributed by atoms with Crippen LogP contribution in [-0.2, 0) is 6.42 Å². The summed E-state index contributed by atoms with van der Waals surface area (Å²) < 4.78 is 0. The molecular weight excluding hydrogens is 278 g/mol. The summed E-state index contributed by atoms with van der Waals surface area (Å²) in [7, 11) is 0. The first-order chi connectivity index (χ1) is 10.2. The maximum atomic E-state index is 6.31. The molecule has 2 N–H and O–H groups in total. The zero-order chi connectivity index (χ0) is 14.4. The summed E-state index contributed by atoms with van der Waals surface area (Å²) in [6, 6.07) is 19.3. The van der Waals surface area contributed by atoms with E-state index in [0.717, 1.165) is 23.3 Å². The number of nitrogens with two attached hydrogens (primary N) is 1. The van der Waals surface area contributed by atoms with Gasteiger partial charge >= 0.3 is 0 Å². The predicted molar refractivity (Wildman–Crippen MR) is 89.6 cm³/mol. The molecule has 0 aromatic heterocycles. The van der Waals surface area contributed by atoms with Gasteiger partial charge in [0.05, 0.1) is 0 Å². The van der Waals surface area contributed by atoms with E-state index in [-0.39, 0.29) is 6.04 Å². The maximum Gasteiger partial charge on any atom is 0.0484 e. The first-order valence-electron chi connectivity index (χ1n) is 7.30. The van der Waals surface area contributed by atoms with Crippen molar-refractivity contribution in [2.24, 2.45) is 5.73 Å². The molecule has 0 bridgehead atoms. The molecule has 2 heteroatoms. The van der Waals surface area contributed by atoms with Gasteiger partial charge in [-0.05, 0) is 46.5 Å². The van der Waals surface area contributed by atoms with E-state index in [2.05, 4.69) is 42.5 Å². The molecule has 0 saturated heterocycles. The second-order valence-electron chi connectivity index (χ2n) is 5.70. The molecule has 0 fully saturated rings. The van der Waals surface area contributed by atoms with Crippen molar-refractivity contribution in [3.8, 4) is 11.1 Å². The Balaban J connectivity index is 1.94. The number of hydrogen-bond acceptors (Lipinski definition) is 1. The molecule has 0 amide bonds. The molecule has 1 unspecified atom stereocenters. The summed E-state index contributed by atoms with van der Waals surface area (Å²) in [5.74, 6) is 0. The van der Waals surface area contributed by atoms with Crippen molar-refractivity contribution in [2.75, 3.05) is 0 Å². The van der Waals surface area contributed by atoms with Gasteiger partial charge < -0.3 is 5.73 Å². The Hall–Kier alpha value is -1.83. The molecule has 1 atom stereocenters. The number of halogens is 1. The Bertz CT molecular complexity index is 838.